The predicted molar refractivity (Wildman–Crippen MR) is 145 cm³/mol. The second-order valence-corrected chi connectivity index (χ2v) is 11.0. The lowest BCUT2D eigenvalue weighted by atomic mass is 10.1. The Labute approximate surface area is 226 Å². The first-order valence-corrected chi connectivity index (χ1v) is 13.9. The summed E-state index contributed by atoms with van der Waals surface area (Å²) in [5, 5.41) is 0. The molecule has 8 nitrogen and oxygen atoms in total. The zero-order valence-corrected chi connectivity index (χ0v) is 21.9. The van der Waals surface area contributed by atoms with Crippen LogP contribution in [0.4, 0.5) is 4.39 Å². The molecule has 0 bridgehead atoms. The van der Waals surface area contributed by atoms with E-state index in [0.29, 0.717) is 17.2 Å². The second kappa shape index (κ2) is 11.3. The van der Waals surface area contributed by atoms with E-state index in [1.807, 2.05) is 18.2 Å². The number of hydrogen-bond acceptors (Lipinski definition) is 6. The van der Waals surface area contributed by atoms with Gasteiger partial charge in [0.15, 0.2) is 0 Å². The number of benzene rings is 3. The minimum Gasteiger partial charge on any atom is -0.457 e. The molecule has 1 fully saturated rings. The summed E-state index contributed by atoms with van der Waals surface area (Å²) in [5.74, 6) is 0.515. The molecule has 1 amide bonds. The number of carbonyl (C=O) groups excluding carboxylic acids is 1. The van der Waals surface area contributed by atoms with Crippen molar-refractivity contribution >= 4 is 15.9 Å². The van der Waals surface area contributed by atoms with Crippen LogP contribution < -0.4 is 10.5 Å². The number of hydrogen-bond donors (Lipinski definition) is 1. The molecule has 5 rings (SSSR count). The van der Waals surface area contributed by atoms with E-state index in [9.17, 15) is 17.6 Å². The van der Waals surface area contributed by atoms with Crippen LogP contribution in [0.3, 0.4) is 0 Å². The molecule has 2 N–H and O–H groups in total. The van der Waals surface area contributed by atoms with E-state index in [1.54, 1.807) is 65.6 Å². The predicted octanol–water partition coefficient (Wildman–Crippen LogP) is 4.29. The van der Waals surface area contributed by atoms with Gasteiger partial charge in [-0.15, -0.1) is 0 Å². The average Bonchev–Trinajstić information content (AvgIpc) is 2.98. The van der Waals surface area contributed by atoms with Gasteiger partial charge in [-0.2, -0.15) is 4.31 Å². The molecule has 0 saturated carbocycles. The largest absolute Gasteiger partial charge is 0.457 e. The number of ether oxygens (including phenoxy) is 1. The summed E-state index contributed by atoms with van der Waals surface area (Å²) in [4.78, 5) is 19.6. The summed E-state index contributed by atoms with van der Waals surface area (Å²) < 4.78 is 46.4. The molecule has 4 aromatic rings. The first-order valence-electron chi connectivity index (χ1n) is 12.4. The molecule has 0 unspecified atom stereocenters. The topological polar surface area (TPSA) is 106 Å². The minimum absolute atomic E-state index is 0.191. The average molecular weight is 547 g/mol. The van der Waals surface area contributed by atoms with E-state index in [1.165, 1.54) is 16.4 Å². The summed E-state index contributed by atoms with van der Waals surface area (Å²) in [7, 11) is -3.68. The Morgan fingerprint density at radius 3 is 2.18 bits per heavy atom. The van der Waals surface area contributed by atoms with E-state index >= 15 is 0 Å². The third-order valence-corrected chi connectivity index (χ3v) is 8.36. The number of piperazine rings is 1. The van der Waals surface area contributed by atoms with Crippen molar-refractivity contribution in [1.82, 2.24) is 14.2 Å². The normalized spacial score (nSPS) is 14.3. The van der Waals surface area contributed by atoms with Gasteiger partial charge >= 0.3 is 0 Å². The highest BCUT2D eigenvalue weighted by Crippen LogP contribution is 2.26. The molecule has 1 saturated heterocycles. The minimum atomic E-state index is -3.68. The lowest BCUT2D eigenvalue weighted by Gasteiger charge is -2.34. The number of nitrogens with two attached hydrogens (primary N) is 1. The maximum absolute atomic E-state index is 13.2. The highest BCUT2D eigenvalue weighted by molar-refractivity contribution is 7.89. The van der Waals surface area contributed by atoms with Crippen molar-refractivity contribution in [2.24, 2.45) is 5.73 Å². The molecule has 3 aromatic carbocycles. The third-order valence-electron chi connectivity index (χ3n) is 6.47. The first-order chi connectivity index (χ1) is 18.8. The summed E-state index contributed by atoms with van der Waals surface area (Å²) in [6.45, 7) is 1.16. The monoisotopic (exact) mass is 546 g/mol. The number of sulfonamides is 1. The Kier molecular flexibility index (Phi) is 7.69. The molecule has 39 heavy (non-hydrogen) atoms. The lowest BCUT2D eigenvalue weighted by molar-refractivity contribution is 0.0692. The van der Waals surface area contributed by atoms with Gasteiger partial charge in [-0.3, -0.25) is 4.79 Å². The van der Waals surface area contributed by atoms with Crippen molar-refractivity contribution in [3.05, 3.63) is 108 Å². The van der Waals surface area contributed by atoms with Crippen molar-refractivity contribution in [3.8, 4) is 22.8 Å². The van der Waals surface area contributed by atoms with Crippen LogP contribution in [0.1, 0.15) is 16.1 Å². The zero-order valence-electron chi connectivity index (χ0n) is 21.0. The van der Waals surface area contributed by atoms with Gasteiger partial charge in [-0.1, -0.05) is 18.2 Å². The fraction of sp³-hybridized carbons (Fsp3) is 0.172. The van der Waals surface area contributed by atoms with Gasteiger partial charge < -0.3 is 15.4 Å². The van der Waals surface area contributed by atoms with Crippen LogP contribution in [-0.2, 0) is 16.6 Å². The van der Waals surface area contributed by atoms with Gasteiger partial charge in [-0.05, 0) is 78.4 Å². The smallest absolute Gasteiger partial charge is 0.272 e. The number of amides is 1. The van der Waals surface area contributed by atoms with Crippen LogP contribution in [0.2, 0.25) is 0 Å². The zero-order chi connectivity index (χ0) is 27.4. The highest BCUT2D eigenvalue weighted by atomic mass is 32.2. The molecule has 0 aliphatic carbocycles. The summed E-state index contributed by atoms with van der Waals surface area (Å²) in [5.41, 5.74) is 8.10. The quantitative estimate of drug-likeness (QED) is 0.371. The van der Waals surface area contributed by atoms with Gasteiger partial charge in [0, 0.05) is 38.3 Å². The molecule has 1 aliphatic heterocycles. The highest BCUT2D eigenvalue weighted by Gasteiger charge is 2.31. The van der Waals surface area contributed by atoms with Crippen LogP contribution in [0.5, 0.6) is 11.5 Å². The first kappa shape index (κ1) is 26.5. The maximum atomic E-state index is 13.2. The van der Waals surface area contributed by atoms with Gasteiger partial charge in [0.25, 0.3) is 5.91 Å². The third kappa shape index (κ3) is 5.98. The molecular formula is C29H27FN4O4S. The number of pyridine rings is 1. The lowest BCUT2D eigenvalue weighted by Crippen LogP contribution is -2.50. The Balaban J connectivity index is 1.23. The maximum Gasteiger partial charge on any atom is 0.272 e. The van der Waals surface area contributed by atoms with Crippen LogP contribution in [0, 0.1) is 5.82 Å². The Hall–Kier alpha value is -4.12. The SMILES string of the molecule is NCc1cccc(S(=O)(=O)N2CCN(C(=O)c3cccc(-c4ccc(Oc5ccc(F)cc5)cc4)n3)CC2)c1. The van der Waals surface area contributed by atoms with Gasteiger partial charge in [0.2, 0.25) is 10.0 Å². The molecule has 1 aliphatic rings. The Bertz CT molecular complexity index is 1570. The molecule has 0 atom stereocenters. The summed E-state index contributed by atoms with van der Waals surface area (Å²) in [6.07, 6.45) is 0. The van der Waals surface area contributed by atoms with Crippen molar-refractivity contribution in [3.63, 3.8) is 0 Å². The van der Waals surface area contributed by atoms with Crippen LogP contribution >= 0.6 is 0 Å². The standard InChI is InChI=1S/C29H27FN4O4S/c30-23-9-13-25(14-10-23)38-24-11-7-22(8-12-24)27-5-2-6-28(32-27)29(35)33-15-17-34(18-16-33)39(36,37)26-4-1-3-21(19-26)20-31/h1-14,19H,15-18,20,31H2. The van der Waals surface area contributed by atoms with E-state index in [0.717, 1.165) is 11.1 Å². The van der Waals surface area contributed by atoms with Gasteiger partial charge in [0.05, 0.1) is 10.6 Å². The summed E-state index contributed by atoms with van der Waals surface area (Å²) >= 11 is 0. The van der Waals surface area contributed by atoms with E-state index < -0.39 is 10.0 Å². The van der Waals surface area contributed by atoms with Crippen LogP contribution in [0.25, 0.3) is 11.3 Å². The number of rotatable bonds is 7. The van der Waals surface area contributed by atoms with Crippen molar-refractivity contribution in [2.75, 3.05) is 26.2 Å². The molecule has 0 radical (unpaired) electrons. The molecule has 0 spiro atoms. The van der Waals surface area contributed by atoms with Crippen LogP contribution in [-0.4, -0.2) is 54.7 Å². The fourth-order valence-corrected chi connectivity index (χ4v) is 5.82. The van der Waals surface area contributed by atoms with Gasteiger partial charge in [-0.25, -0.2) is 17.8 Å². The van der Waals surface area contributed by atoms with Crippen molar-refractivity contribution in [2.45, 2.75) is 11.4 Å². The fourth-order valence-electron chi connectivity index (χ4n) is 4.32. The molecular weight excluding hydrogens is 519 g/mol. The van der Waals surface area contributed by atoms with Crippen molar-refractivity contribution < 1.29 is 22.3 Å². The van der Waals surface area contributed by atoms with Crippen molar-refractivity contribution in [1.29, 1.82) is 0 Å². The van der Waals surface area contributed by atoms with E-state index in [4.69, 9.17) is 10.5 Å². The molecule has 10 heteroatoms. The number of carbonyl (C=O) groups is 1. The number of nitrogens with zero attached hydrogens (tertiary/aromatic N) is 3. The number of halogens is 1. The second-order valence-electron chi connectivity index (χ2n) is 9.04. The summed E-state index contributed by atoms with van der Waals surface area (Å²) in [6, 6.07) is 24.8. The Morgan fingerprint density at radius 2 is 1.51 bits per heavy atom. The van der Waals surface area contributed by atoms with Crippen LogP contribution in [0.15, 0.2) is 95.9 Å². The Morgan fingerprint density at radius 1 is 0.872 bits per heavy atom. The van der Waals surface area contributed by atoms with E-state index in [2.05, 4.69) is 4.98 Å². The van der Waals surface area contributed by atoms with E-state index in [-0.39, 0.29) is 55.0 Å². The molecule has 1 aromatic heterocycles. The molecule has 2 heterocycles. The number of aromatic nitrogens is 1. The van der Waals surface area contributed by atoms with Gasteiger partial charge in [0.1, 0.15) is 23.0 Å². The molecule has 200 valence electrons.